The smallest absolute Gasteiger partial charge is 0.257 e. The molecule has 0 saturated heterocycles. The van der Waals surface area contributed by atoms with Crippen LogP contribution in [0.4, 0.5) is 4.39 Å². The van der Waals surface area contributed by atoms with Crippen LogP contribution in [0.25, 0.3) is 11.1 Å². The molecule has 0 spiro atoms. The first-order valence-corrected chi connectivity index (χ1v) is 12.9. The fourth-order valence-electron chi connectivity index (χ4n) is 4.57. The van der Waals surface area contributed by atoms with E-state index < -0.39 is 28.2 Å². The van der Waals surface area contributed by atoms with Gasteiger partial charge in [0.1, 0.15) is 6.17 Å². The number of fused-ring (bicyclic) bond motifs is 1. The van der Waals surface area contributed by atoms with E-state index in [1.807, 2.05) is 68.4 Å². The van der Waals surface area contributed by atoms with Crippen LogP contribution in [0.1, 0.15) is 55.2 Å². The summed E-state index contributed by atoms with van der Waals surface area (Å²) >= 11 is 0. The minimum Gasteiger partial charge on any atom is -0.296 e. The Morgan fingerprint density at radius 3 is 2.48 bits per heavy atom. The van der Waals surface area contributed by atoms with Crippen LogP contribution in [0.2, 0.25) is 0 Å². The molecule has 0 aliphatic heterocycles. The summed E-state index contributed by atoms with van der Waals surface area (Å²) in [5.41, 5.74) is 3.07. The molecular formula is C25H28FN3O3S. The average molecular weight is 470 g/mol. The number of rotatable bonds is 6. The summed E-state index contributed by atoms with van der Waals surface area (Å²) in [7, 11) is -3.61. The monoisotopic (exact) mass is 469 g/mol. The number of alkyl halides is 1. The van der Waals surface area contributed by atoms with Gasteiger partial charge in [0, 0.05) is 30.0 Å². The number of sulfonamides is 1. The first-order valence-electron chi connectivity index (χ1n) is 11.0. The van der Waals surface area contributed by atoms with E-state index >= 15 is 4.39 Å². The number of aromatic nitrogens is 2. The van der Waals surface area contributed by atoms with Crippen molar-refractivity contribution in [3.8, 4) is 11.1 Å². The third-order valence-corrected chi connectivity index (χ3v) is 6.82. The molecule has 0 radical (unpaired) electrons. The van der Waals surface area contributed by atoms with Gasteiger partial charge in [0.2, 0.25) is 10.0 Å². The average Bonchev–Trinajstić information content (AvgIpc) is 2.76. The molecular weight excluding hydrogens is 441 g/mol. The van der Waals surface area contributed by atoms with Crippen LogP contribution in [0.5, 0.6) is 0 Å². The van der Waals surface area contributed by atoms with Crippen molar-refractivity contribution in [2.75, 3.05) is 6.26 Å². The third-order valence-electron chi connectivity index (χ3n) is 6.09. The molecule has 1 aliphatic carbocycles. The molecule has 1 aromatic heterocycles. The lowest BCUT2D eigenvalue weighted by molar-refractivity contribution is 0.245. The van der Waals surface area contributed by atoms with Gasteiger partial charge in [0.15, 0.2) is 0 Å². The Bertz CT molecular complexity index is 1310. The van der Waals surface area contributed by atoms with Crippen LogP contribution in [0.15, 0.2) is 65.7 Å². The van der Waals surface area contributed by atoms with Crippen molar-refractivity contribution >= 4 is 10.0 Å². The maximum Gasteiger partial charge on any atom is 0.257 e. The number of benzene rings is 2. The molecule has 1 aliphatic rings. The van der Waals surface area contributed by atoms with Crippen LogP contribution < -0.4 is 10.3 Å². The van der Waals surface area contributed by atoms with E-state index in [9.17, 15) is 13.2 Å². The van der Waals surface area contributed by atoms with Gasteiger partial charge in [-0.2, -0.15) is 0 Å². The zero-order valence-corrected chi connectivity index (χ0v) is 19.7. The highest BCUT2D eigenvalue weighted by molar-refractivity contribution is 7.88. The topological polar surface area (TPSA) is 81.1 Å². The maximum atomic E-state index is 15.1. The number of hydrogen-bond donors (Lipinski definition) is 1. The summed E-state index contributed by atoms with van der Waals surface area (Å²) in [6.07, 6.45) is 1.24. The highest BCUT2D eigenvalue weighted by atomic mass is 32.2. The summed E-state index contributed by atoms with van der Waals surface area (Å²) < 4.78 is 43.3. The summed E-state index contributed by atoms with van der Waals surface area (Å²) in [4.78, 5) is 17.7. The zero-order valence-electron chi connectivity index (χ0n) is 18.9. The van der Waals surface area contributed by atoms with Crippen LogP contribution in [0, 0.1) is 0 Å². The molecule has 0 bridgehead atoms. The van der Waals surface area contributed by atoms with Gasteiger partial charge >= 0.3 is 0 Å². The molecule has 0 fully saturated rings. The Labute approximate surface area is 193 Å². The van der Waals surface area contributed by atoms with E-state index in [0.29, 0.717) is 6.42 Å². The summed E-state index contributed by atoms with van der Waals surface area (Å²) in [5, 5.41) is 0. The normalized spacial score (nSPS) is 20.6. The van der Waals surface area contributed by atoms with Gasteiger partial charge in [-0.15, -0.1) is 0 Å². The molecule has 3 unspecified atom stereocenters. The SMILES string of the molecule is CC(C)n1cnc2c(c1=O)C(Cc1cccc(-c3ccccc3)c1)C(NS(C)(=O)=O)CC2F. The van der Waals surface area contributed by atoms with Gasteiger partial charge in [-0.1, -0.05) is 54.6 Å². The van der Waals surface area contributed by atoms with E-state index in [1.165, 1.54) is 10.9 Å². The molecule has 3 atom stereocenters. The van der Waals surface area contributed by atoms with E-state index in [-0.39, 0.29) is 29.3 Å². The number of nitrogens with zero attached hydrogens (tertiary/aromatic N) is 2. The molecule has 33 heavy (non-hydrogen) atoms. The maximum absolute atomic E-state index is 15.1. The Morgan fingerprint density at radius 1 is 1.12 bits per heavy atom. The minimum absolute atomic E-state index is 0.0682. The summed E-state index contributed by atoms with van der Waals surface area (Å²) in [5.74, 6) is -0.543. The van der Waals surface area contributed by atoms with Crippen molar-refractivity contribution < 1.29 is 12.8 Å². The van der Waals surface area contributed by atoms with E-state index in [0.717, 1.165) is 22.9 Å². The Kier molecular flexibility index (Phi) is 6.50. The molecule has 1 N–H and O–H groups in total. The highest BCUT2D eigenvalue weighted by Crippen LogP contribution is 2.39. The first kappa shape index (κ1) is 23.3. The van der Waals surface area contributed by atoms with E-state index in [1.54, 1.807) is 0 Å². The Balaban J connectivity index is 1.81. The molecule has 1 heterocycles. The summed E-state index contributed by atoms with van der Waals surface area (Å²) in [6.45, 7) is 3.71. The first-order chi connectivity index (χ1) is 15.6. The Morgan fingerprint density at radius 2 is 1.82 bits per heavy atom. The molecule has 174 valence electrons. The van der Waals surface area contributed by atoms with E-state index in [2.05, 4.69) is 9.71 Å². The Hall–Kier alpha value is -2.84. The number of hydrogen-bond acceptors (Lipinski definition) is 4. The molecule has 4 rings (SSSR count). The molecule has 2 aromatic carbocycles. The second-order valence-electron chi connectivity index (χ2n) is 8.93. The van der Waals surface area contributed by atoms with E-state index in [4.69, 9.17) is 0 Å². The van der Waals surface area contributed by atoms with Crippen LogP contribution in [-0.4, -0.2) is 30.3 Å². The zero-order chi connectivity index (χ0) is 23.8. The standard InChI is InChI=1S/C25H28FN3O3S/c1-16(2)29-15-27-24-21(26)14-22(28-33(3,31)32)20(23(24)25(29)30)13-17-8-7-11-19(12-17)18-9-5-4-6-10-18/h4-12,15-16,20-22,28H,13-14H2,1-3H3. The van der Waals surface area contributed by atoms with Gasteiger partial charge in [-0.05, 0) is 37.0 Å². The molecule has 3 aromatic rings. The van der Waals surface area contributed by atoms with Gasteiger partial charge < -0.3 is 0 Å². The second kappa shape index (κ2) is 9.19. The number of halogens is 1. The largest absolute Gasteiger partial charge is 0.296 e. The highest BCUT2D eigenvalue weighted by Gasteiger charge is 2.40. The molecule has 6 nitrogen and oxygen atoms in total. The van der Waals surface area contributed by atoms with Crippen molar-refractivity contribution in [2.24, 2.45) is 0 Å². The molecule has 0 amide bonds. The van der Waals surface area contributed by atoms with Crippen molar-refractivity contribution in [3.63, 3.8) is 0 Å². The fraction of sp³-hybridized carbons (Fsp3) is 0.360. The quantitative estimate of drug-likeness (QED) is 0.588. The third kappa shape index (κ3) is 5.07. The van der Waals surface area contributed by atoms with Crippen LogP contribution in [0.3, 0.4) is 0 Å². The van der Waals surface area contributed by atoms with Crippen LogP contribution >= 0.6 is 0 Å². The van der Waals surface area contributed by atoms with Gasteiger partial charge in [-0.3, -0.25) is 9.36 Å². The molecule has 0 saturated carbocycles. The van der Waals surface area contributed by atoms with Gasteiger partial charge in [0.05, 0.1) is 18.3 Å². The predicted molar refractivity (Wildman–Crippen MR) is 127 cm³/mol. The lowest BCUT2D eigenvalue weighted by Crippen LogP contribution is -2.46. The lowest BCUT2D eigenvalue weighted by Gasteiger charge is -2.35. The number of nitrogens with one attached hydrogen (secondary N) is 1. The second-order valence-corrected chi connectivity index (χ2v) is 10.7. The van der Waals surface area contributed by atoms with Crippen molar-refractivity contribution in [2.45, 2.75) is 50.9 Å². The summed E-state index contributed by atoms with van der Waals surface area (Å²) in [6, 6.07) is 16.9. The van der Waals surface area contributed by atoms with Crippen LogP contribution in [-0.2, 0) is 16.4 Å². The van der Waals surface area contributed by atoms with Crippen molar-refractivity contribution in [1.29, 1.82) is 0 Å². The van der Waals surface area contributed by atoms with Gasteiger partial charge in [0.25, 0.3) is 5.56 Å². The van der Waals surface area contributed by atoms with Gasteiger partial charge in [-0.25, -0.2) is 22.5 Å². The predicted octanol–water partition coefficient (Wildman–Crippen LogP) is 4.15. The van der Waals surface area contributed by atoms with Crippen molar-refractivity contribution in [3.05, 3.63) is 88.1 Å². The lowest BCUT2D eigenvalue weighted by atomic mass is 9.78. The molecule has 8 heteroatoms. The fourth-order valence-corrected chi connectivity index (χ4v) is 5.38. The minimum atomic E-state index is -3.61. The van der Waals surface area contributed by atoms with Crippen molar-refractivity contribution in [1.82, 2.24) is 14.3 Å².